The van der Waals surface area contributed by atoms with E-state index in [4.69, 9.17) is 0 Å². The smallest absolute Gasteiger partial charge is 0.256 e. The Morgan fingerprint density at radius 3 is 2.44 bits per heavy atom. The van der Waals surface area contributed by atoms with E-state index in [0.29, 0.717) is 35.5 Å². The maximum Gasteiger partial charge on any atom is 0.256 e. The first-order valence-corrected chi connectivity index (χ1v) is 14.3. The van der Waals surface area contributed by atoms with Crippen molar-refractivity contribution in [2.24, 2.45) is 0 Å². The monoisotopic (exact) mass is 547 g/mol. The highest BCUT2D eigenvalue weighted by Crippen LogP contribution is 2.37. The van der Waals surface area contributed by atoms with Gasteiger partial charge in [0.05, 0.1) is 10.5 Å². The molecule has 1 aromatic heterocycles. The van der Waals surface area contributed by atoms with Gasteiger partial charge in [0, 0.05) is 74.0 Å². The molecule has 0 bridgehead atoms. The van der Waals surface area contributed by atoms with Crippen molar-refractivity contribution in [3.05, 3.63) is 70.5 Å². The van der Waals surface area contributed by atoms with Gasteiger partial charge in [-0.3, -0.25) is 9.59 Å². The number of rotatable bonds is 5. The molecule has 2 amide bonds. The molecule has 1 saturated heterocycles. The van der Waals surface area contributed by atoms with Crippen LogP contribution in [0.15, 0.2) is 47.4 Å². The Hall–Kier alpha value is -3.73. The molecule has 0 aliphatic carbocycles. The van der Waals surface area contributed by atoms with Crippen molar-refractivity contribution in [3.63, 3.8) is 0 Å². The Morgan fingerprint density at radius 2 is 1.74 bits per heavy atom. The van der Waals surface area contributed by atoms with Gasteiger partial charge in [-0.25, -0.2) is 12.7 Å². The Kier molecular flexibility index (Phi) is 6.96. The van der Waals surface area contributed by atoms with Crippen LogP contribution in [0.2, 0.25) is 0 Å². The molecule has 0 radical (unpaired) electrons. The molecule has 204 valence electrons. The Bertz CT molecular complexity index is 1610. The van der Waals surface area contributed by atoms with Crippen molar-refractivity contribution in [2.45, 2.75) is 18.7 Å². The number of sulfonamides is 1. The summed E-state index contributed by atoms with van der Waals surface area (Å²) >= 11 is 0. The summed E-state index contributed by atoms with van der Waals surface area (Å²) in [6, 6.07) is 12.3. The number of aromatic nitrogens is 1. The molecule has 2 aromatic carbocycles. The molecule has 0 atom stereocenters. The van der Waals surface area contributed by atoms with Gasteiger partial charge in [0.15, 0.2) is 0 Å². The number of fused-ring (bicyclic) bond motifs is 1. The second-order valence-corrected chi connectivity index (χ2v) is 12.5. The molecule has 0 saturated carbocycles. The highest BCUT2D eigenvalue weighted by molar-refractivity contribution is 7.89. The minimum absolute atomic E-state index is 0.0286. The fraction of sp³-hybridized carbons (Fsp3) is 0.310. The molecule has 2 aliphatic heterocycles. The van der Waals surface area contributed by atoms with Gasteiger partial charge in [-0.05, 0) is 68.4 Å². The molecule has 3 heterocycles. The van der Waals surface area contributed by atoms with Gasteiger partial charge >= 0.3 is 0 Å². The van der Waals surface area contributed by atoms with Crippen LogP contribution in [-0.4, -0.2) is 86.6 Å². The van der Waals surface area contributed by atoms with Crippen LogP contribution in [0.5, 0.6) is 0 Å². The number of piperazine rings is 1. The van der Waals surface area contributed by atoms with Gasteiger partial charge in [0.25, 0.3) is 11.8 Å². The average Bonchev–Trinajstić information content (AvgIpc) is 3.37. The van der Waals surface area contributed by atoms with Crippen molar-refractivity contribution in [2.75, 3.05) is 52.6 Å². The van der Waals surface area contributed by atoms with Gasteiger partial charge in [0.1, 0.15) is 0 Å². The number of amides is 2. The van der Waals surface area contributed by atoms with Crippen molar-refractivity contribution in [1.82, 2.24) is 19.1 Å². The number of hydrogen-bond acceptors (Lipinski definition) is 5. The SMILES string of the molecule is Cc1[nH]c(C=C2C(=O)Nc3ccc(S(=O)(=O)N(C)C)cc32)c(C)c1-c1cccc(C(=O)N2CCN(C)CC2)c1. The van der Waals surface area contributed by atoms with E-state index >= 15 is 0 Å². The normalized spacial score (nSPS) is 17.1. The number of nitrogens with zero attached hydrogens (tertiary/aromatic N) is 3. The highest BCUT2D eigenvalue weighted by Gasteiger charge is 2.28. The van der Waals surface area contributed by atoms with Crippen LogP contribution >= 0.6 is 0 Å². The number of hydrogen-bond donors (Lipinski definition) is 2. The third-order valence-corrected chi connectivity index (χ3v) is 9.32. The lowest BCUT2D eigenvalue weighted by Gasteiger charge is -2.32. The highest BCUT2D eigenvalue weighted by atomic mass is 32.2. The third kappa shape index (κ3) is 4.91. The van der Waals surface area contributed by atoms with Crippen molar-refractivity contribution in [1.29, 1.82) is 0 Å². The van der Waals surface area contributed by atoms with Crippen molar-refractivity contribution in [3.8, 4) is 11.1 Å². The van der Waals surface area contributed by atoms with Crippen LogP contribution in [0, 0.1) is 13.8 Å². The molecular formula is C29H33N5O4S. The number of aryl methyl sites for hydroxylation is 1. The summed E-state index contributed by atoms with van der Waals surface area (Å²) in [6.45, 7) is 7.07. The lowest BCUT2D eigenvalue weighted by Crippen LogP contribution is -2.47. The minimum Gasteiger partial charge on any atom is -0.358 e. The quantitative estimate of drug-likeness (QED) is 0.476. The Morgan fingerprint density at radius 1 is 1.03 bits per heavy atom. The fourth-order valence-electron chi connectivity index (χ4n) is 5.18. The molecule has 0 unspecified atom stereocenters. The van der Waals surface area contributed by atoms with E-state index in [1.54, 1.807) is 12.1 Å². The molecule has 2 N–H and O–H groups in total. The lowest BCUT2D eigenvalue weighted by atomic mass is 9.98. The molecule has 39 heavy (non-hydrogen) atoms. The van der Waals surface area contributed by atoms with E-state index in [-0.39, 0.29) is 16.7 Å². The summed E-state index contributed by atoms with van der Waals surface area (Å²) in [6.07, 6.45) is 1.76. The van der Waals surface area contributed by atoms with Gasteiger partial charge in [-0.15, -0.1) is 0 Å². The average molecular weight is 548 g/mol. The number of carbonyl (C=O) groups is 2. The van der Waals surface area contributed by atoms with Gasteiger partial charge in [0.2, 0.25) is 10.0 Å². The van der Waals surface area contributed by atoms with E-state index in [2.05, 4.69) is 22.2 Å². The topological polar surface area (TPSA) is 106 Å². The maximum absolute atomic E-state index is 13.2. The fourth-order valence-corrected chi connectivity index (χ4v) is 6.11. The minimum atomic E-state index is -3.66. The number of carbonyl (C=O) groups excluding carboxylic acids is 2. The number of benzene rings is 2. The molecule has 2 aliphatic rings. The zero-order chi connectivity index (χ0) is 28.1. The largest absolute Gasteiger partial charge is 0.358 e. The number of nitrogens with one attached hydrogen (secondary N) is 2. The van der Waals surface area contributed by atoms with Crippen LogP contribution < -0.4 is 5.32 Å². The van der Waals surface area contributed by atoms with E-state index in [1.165, 1.54) is 26.2 Å². The van der Waals surface area contributed by atoms with Crippen LogP contribution in [0.25, 0.3) is 22.8 Å². The summed E-state index contributed by atoms with van der Waals surface area (Å²) in [5.74, 6) is -0.266. The first-order chi connectivity index (χ1) is 18.5. The standard InChI is InChI=1S/C29H33N5O4S/c1-18-26(17-24-23-16-22(39(37,38)32(3)4)9-10-25(23)31-28(24)35)30-19(2)27(18)20-7-6-8-21(15-20)29(36)34-13-11-33(5)12-14-34/h6-10,15-17,30H,11-14H2,1-5H3,(H,31,35). The summed E-state index contributed by atoms with van der Waals surface area (Å²) < 4.78 is 26.5. The zero-order valence-corrected chi connectivity index (χ0v) is 23.6. The first-order valence-electron chi connectivity index (χ1n) is 12.8. The molecule has 10 heteroatoms. The van der Waals surface area contributed by atoms with Crippen LogP contribution in [0.3, 0.4) is 0 Å². The predicted molar refractivity (Wildman–Crippen MR) is 153 cm³/mol. The second-order valence-electron chi connectivity index (χ2n) is 10.3. The van der Waals surface area contributed by atoms with E-state index < -0.39 is 10.0 Å². The lowest BCUT2D eigenvalue weighted by molar-refractivity contribution is -0.110. The number of anilines is 1. The summed E-state index contributed by atoms with van der Waals surface area (Å²) in [5, 5.41) is 2.83. The van der Waals surface area contributed by atoms with Crippen molar-refractivity contribution >= 4 is 39.2 Å². The maximum atomic E-state index is 13.2. The number of likely N-dealkylation sites (N-methyl/N-ethyl adjacent to an activating group) is 1. The Labute approximate surface area is 229 Å². The Balaban J connectivity index is 1.50. The summed E-state index contributed by atoms with van der Waals surface area (Å²) in [5.41, 5.74) is 6.62. The number of aromatic amines is 1. The molecule has 1 fully saturated rings. The van der Waals surface area contributed by atoms with E-state index in [0.717, 1.165) is 45.5 Å². The van der Waals surface area contributed by atoms with Crippen LogP contribution in [-0.2, 0) is 14.8 Å². The molecular weight excluding hydrogens is 514 g/mol. The molecule has 9 nitrogen and oxygen atoms in total. The van der Waals surface area contributed by atoms with Gasteiger partial charge < -0.3 is 20.1 Å². The zero-order valence-electron chi connectivity index (χ0n) is 22.8. The van der Waals surface area contributed by atoms with E-state index in [1.807, 2.05) is 43.0 Å². The number of H-pyrrole nitrogens is 1. The van der Waals surface area contributed by atoms with Gasteiger partial charge in [-0.2, -0.15) is 0 Å². The third-order valence-electron chi connectivity index (χ3n) is 7.51. The first kappa shape index (κ1) is 26.9. The molecule has 3 aromatic rings. The second kappa shape index (κ2) is 10.1. The summed E-state index contributed by atoms with van der Waals surface area (Å²) in [4.78, 5) is 33.7. The molecule has 0 spiro atoms. The summed E-state index contributed by atoms with van der Waals surface area (Å²) in [7, 11) is 1.36. The van der Waals surface area contributed by atoms with Crippen molar-refractivity contribution < 1.29 is 18.0 Å². The van der Waals surface area contributed by atoms with Crippen LogP contribution in [0.4, 0.5) is 5.69 Å². The predicted octanol–water partition coefficient (Wildman–Crippen LogP) is 3.43. The van der Waals surface area contributed by atoms with Crippen LogP contribution in [0.1, 0.15) is 32.9 Å². The van der Waals surface area contributed by atoms with E-state index in [9.17, 15) is 18.0 Å². The molecule has 5 rings (SSSR count). The van der Waals surface area contributed by atoms with Gasteiger partial charge in [-0.1, -0.05) is 12.1 Å².